The van der Waals surface area contributed by atoms with Crippen LogP contribution in [-0.4, -0.2) is 33.2 Å². The molecule has 142 valence electrons. The summed E-state index contributed by atoms with van der Waals surface area (Å²) < 4.78 is 40.0. The van der Waals surface area contributed by atoms with Gasteiger partial charge < -0.3 is 5.32 Å². The molecule has 2 aliphatic rings. The normalized spacial score (nSPS) is 21.0. The van der Waals surface area contributed by atoms with Crippen LogP contribution in [0.1, 0.15) is 23.5 Å². The van der Waals surface area contributed by atoms with Crippen LogP contribution in [0, 0.1) is 11.7 Å². The molecule has 1 heterocycles. The predicted octanol–water partition coefficient (Wildman–Crippen LogP) is 2.44. The maximum atomic E-state index is 13.3. The van der Waals surface area contributed by atoms with Crippen molar-refractivity contribution in [2.75, 3.05) is 23.1 Å². The molecule has 0 bridgehead atoms. The SMILES string of the molecule is O=C(NCCS(=O)(=O)N1CCc2ccccc21)C1CC1c1cccc(F)c1. The third-order valence-electron chi connectivity index (χ3n) is 5.24. The Labute approximate surface area is 158 Å². The van der Waals surface area contributed by atoms with Gasteiger partial charge in [0.05, 0.1) is 11.4 Å². The topological polar surface area (TPSA) is 66.5 Å². The number of sulfonamides is 1. The summed E-state index contributed by atoms with van der Waals surface area (Å²) in [5, 5.41) is 2.72. The molecule has 27 heavy (non-hydrogen) atoms. The second-order valence-corrected chi connectivity index (χ2v) is 9.07. The van der Waals surface area contributed by atoms with Gasteiger partial charge in [-0.3, -0.25) is 9.10 Å². The summed E-state index contributed by atoms with van der Waals surface area (Å²) in [4.78, 5) is 12.3. The summed E-state index contributed by atoms with van der Waals surface area (Å²) in [5.74, 6) is -0.800. The van der Waals surface area contributed by atoms with Crippen LogP contribution in [0.4, 0.5) is 10.1 Å². The molecule has 1 N–H and O–H groups in total. The Morgan fingerprint density at radius 3 is 2.81 bits per heavy atom. The van der Waals surface area contributed by atoms with Gasteiger partial charge in [0.2, 0.25) is 15.9 Å². The van der Waals surface area contributed by atoms with E-state index in [1.807, 2.05) is 30.3 Å². The number of amides is 1. The first-order chi connectivity index (χ1) is 13.0. The van der Waals surface area contributed by atoms with Crippen molar-refractivity contribution in [1.29, 1.82) is 0 Å². The van der Waals surface area contributed by atoms with Crippen LogP contribution in [0.15, 0.2) is 48.5 Å². The molecule has 0 radical (unpaired) electrons. The molecule has 1 amide bonds. The van der Waals surface area contributed by atoms with E-state index < -0.39 is 10.0 Å². The molecule has 5 nitrogen and oxygen atoms in total. The average Bonchev–Trinajstić information content (AvgIpc) is 3.32. The van der Waals surface area contributed by atoms with Crippen molar-refractivity contribution in [3.63, 3.8) is 0 Å². The van der Waals surface area contributed by atoms with Gasteiger partial charge in [0.25, 0.3) is 0 Å². The smallest absolute Gasteiger partial charge is 0.236 e. The fraction of sp³-hybridized carbons (Fsp3) is 0.350. The number of anilines is 1. The number of nitrogens with zero attached hydrogens (tertiary/aromatic N) is 1. The monoisotopic (exact) mass is 388 g/mol. The second-order valence-electron chi connectivity index (χ2n) is 7.06. The Hall–Kier alpha value is -2.41. The Balaban J connectivity index is 1.31. The van der Waals surface area contributed by atoms with Crippen LogP contribution in [0.2, 0.25) is 0 Å². The van der Waals surface area contributed by atoms with Gasteiger partial charge in [-0.1, -0.05) is 30.3 Å². The molecule has 1 aliphatic heterocycles. The highest BCUT2D eigenvalue weighted by molar-refractivity contribution is 7.92. The molecule has 0 saturated heterocycles. The molecular weight excluding hydrogens is 367 g/mol. The lowest BCUT2D eigenvalue weighted by Crippen LogP contribution is -2.37. The van der Waals surface area contributed by atoms with Gasteiger partial charge in [0.15, 0.2) is 0 Å². The summed E-state index contributed by atoms with van der Waals surface area (Å²) in [7, 11) is -3.48. The largest absolute Gasteiger partial charge is 0.355 e. The van der Waals surface area contributed by atoms with E-state index in [2.05, 4.69) is 5.32 Å². The molecule has 1 saturated carbocycles. The van der Waals surface area contributed by atoms with Crippen molar-refractivity contribution >= 4 is 21.6 Å². The van der Waals surface area contributed by atoms with Crippen LogP contribution >= 0.6 is 0 Å². The number of para-hydroxylation sites is 1. The van der Waals surface area contributed by atoms with Crippen LogP contribution in [0.25, 0.3) is 0 Å². The fourth-order valence-corrected chi connectivity index (χ4v) is 5.16. The van der Waals surface area contributed by atoms with Crippen molar-refractivity contribution in [3.05, 3.63) is 65.5 Å². The Morgan fingerprint density at radius 2 is 2.00 bits per heavy atom. The molecule has 2 unspecified atom stereocenters. The number of hydrogen-bond donors (Lipinski definition) is 1. The Bertz CT molecular complexity index is 977. The standard InChI is InChI=1S/C20H21FN2O3S/c21-16-6-3-5-15(12-16)17-13-18(17)20(24)22-9-11-27(25,26)23-10-8-14-4-1-2-7-19(14)23/h1-7,12,17-18H,8-11,13H2,(H,22,24). The van der Waals surface area contributed by atoms with Gasteiger partial charge in [-0.05, 0) is 48.1 Å². The Morgan fingerprint density at radius 1 is 1.19 bits per heavy atom. The predicted molar refractivity (Wildman–Crippen MR) is 102 cm³/mol. The number of fused-ring (bicyclic) bond motifs is 1. The van der Waals surface area contributed by atoms with E-state index in [1.54, 1.807) is 6.07 Å². The van der Waals surface area contributed by atoms with Crippen molar-refractivity contribution in [2.24, 2.45) is 5.92 Å². The fourth-order valence-electron chi connectivity index (χ4n) is 3.73. The summed E-state index contributed by atoms with van der Waals surface area (Å²) in [5.41, 5.74) is 2.58. The molecular formula is C20H21FN2O3S. The van der Waals surface area contributed by atoms with E-state index in [0.717, 1.165) is 16.8 Å². The van der Waals surface area contributed by atoms with Crippen LogP contribution in [0.3, 0.4) is 0 Å². The zero-order chi connectivity index (χ0) is 19.0. The molecule has 2 aromatic rings. The zero-order valence-electron chi connectivity index (χ0n) is 14.8. The summed E-state index contributed by atoms with van der Waals surface area (Å²) >= 11 is 0. The van der Waals surface area contributed by atoms with Gasteiger partial charge in [-0.2, -0.15) is 0 Å². The number of rotatable bonds is 6. The number of carbonyl (C=O) groups excluding carboxylic acids is 1. The molecule has 2 atom stereocenters. The van der Waals surface area contributed by atoms with Crippen LogP contribution < -0.4 is 9.62 Å². The highest BCUT2D eigenvalue weighted by Gasteiger charge is 2.44. The molecule has 0 aromatic heterocycles. The number of halogens is 1. The first-order valence-electron chi connectivity index (χ1n) is 9.07. The second kappa shape index (κ2) is 6.96. The highest BCUT2D eigenvalue weighted by Crippen LogP contribution is 2.47. The van der Waals surface area contributed by atoms with Gasteiger partial charge in [-0.15, -0.1) is 0 Å². The number of hydrogen-bond acceptors (Lipinski definition) is 3. The van der Waals surface area contributed by atoms with Crippen LogP contribution in [-0.2, 0) is 21.2 Å². The van der Waals surface area contributed by atoms with Crippen molar-refractivity contribution in [1.82, 2.24) is 5.32 Å². The lowest BCUT2D eigenvalue weighted by Gasteiger charge is -2.19. The first kappa shape index (κ1) is 18.0. The zero-order valence-corrected chi connectivity index (χ0v) is 15.6. The highest BCUT2D eigenvalue weighted by atomic mass is 32.2. The number of nitrogens with one attached hydrogen (secondary N) is 1. The summed E-state index contributed by atoms with van der Waals surface area (Å²) in [6, 6.07) is 13.8. The van der Waals surface area contributed by atoms with E-state index in [1.165, 1.54) is 16.4 Å². The maximum Gasteiger partial charge on any atom is 0.236 e. The minimum absolute atomic E-state index is 0.0165. The third-order valence-corrected chi connectivity index (χ3v) is 7.01. The molecule has 0 spiro atoms. The molecule has 4 rings (SSSR count). The van der Waals surface area contributed by atoms with Crippen molar-refractivity contribution in [2.45, 2.75) is 18.8 Å². The van der Waals surface area contributed by atoms with E-state index >= 15 is 0 Å². The Kier molecular flexibility index (Phi) is 4.63. The summed E-state index contributed by atoms with van der Waals surface area (Å²) in [6.07, 6.45) is 1.38. The number of benzene rings is 2. The number of carbonyl (C=O) groups is 1. The van der Waals surface area contributed by atoms with Gasteiger partial charge in [0.1, 0.15) is 5.82 Å². The molecule has 1 aliphatic carbocycles. The van der Waals surface area contributed by atoms with Gasteiger partial charge in [-0.25, -0.2) is 12.8 Å². The van der Waals surface area contributed by atoms with Crippen molar-refractivity contribution in [3.8, 4) is 0 Å². The van der Waals surface area contributed by atoms with Gasteiger partial charge in [0, 0.05) is 19.0 Å². The lowest BCUT2D eigenvalue weighted by molar-refractivity contribution is -0.122. The summed E-state index contributed by atoms with van der Waals surface area (Å²) in [6.45, 7) is 0.520. The van der Waals surface area contributed by atoms with E-state index in [4.69, 9.17) is 0 Å². The third kappa shape index (κ3) is 3.69. The minimum Gasteiger partial charge on any atom is -0.355 e. The average molecular weight is 388 g/mol. The molecule has 1 fully saturated rings. The van der Waals surface area contributed by atoms with E-state index in [-0.39, 0.29) is 35.9 Å². The quantitative estimate of drug-likeness (QED) is 0.827. The first-order valence-corrected chi connectivity index (χ1v) is 10.7. The molecule has 2 aromatic carbocycles. The van der Waals surface area contributed by atoms with E-state index in [0.29, 0.717) is 19.4 Å². The van der Waals surface area contributed by atoms with Crippen molar-refractivity contribution < 1.29 is 17.6 Å². The van der Waals surface area contributed by atoms with E-state index in [9.17, 15) is 17.6 Å². The lowest BCUT2D eigenvalue weighted by atomic mass is 10.1. The van der Waals surface area contributed by atoms with Gasteiger partial charge >= 0.3 is 0 Å². The van der Waals surface area contributed by atoms with Crippen LogP contribution in [0.5, 0.6) is 0 Å². The maximum absolute atomic E-state index is 13.3. The minimum atomic E-state index is -3.48. The molecule has 7 heteroatoms.